The molecule has 1 N–H and O–H groups in total. The molecule has 7 nitrogen and oxygen atoms in total. The van der Waals surface area contributed by atoms with E-state index in [9.17, 15) is 4.79 Å². The van der Waals surface area contributed by atoms with Gasteiger partial charge >= 0.3 is 0 Å². The summed E-state index contributed by atoms with van der Waals surface area (Å²) in [6.45, 7) is 8.22. The Balaban J connectivity index is 1.41. The molecule has 4 aromatic rings. The number of pyridine rings is 1. The third-order valence-electron chi connectivity index (χ3n) is 7.28. The maximum atomic E-state index is 14.0. The van der Waals surface area contributed by atoms with Crippen LogP contribution in [0.15, 0.2) is 36.7 Å². The van der Waals surface area contributed by atoms with Gasteiger partial charge in [-0.15, -0.1) is 11.3 Å². The SMILES string of the molecule is Cc1cc(C)c2[nH]nc(-c3nc(C(=O)N4CCCC4CN4CCCC4)c(-c4cccnc4)s3)c2c1. The van der Waals surface area contributed by atoms with Crippen LogP contribution in [0.1, 0.15) is 47.3 Å². The molecule has 0 bridgehead atoms. The van der Waals surface area contributed by atoms with Gasteiger partial charge in [0.2, 0.25) is 0 Å². The number of aromatic amines is 1. The molecule has 2 fully saturated rings. The fourth-order valence-corrected chi connectivity index (χ4v) is 6.64. The highest BCUT2D eigenvalue weighted by atomic mass is 32.1. The van der Waals surface area contributed by atoms with Crippen LogP contribution in [-0.4, -0.2) is 68.1 Å². The highest BCUT2D eigenvalue weighted by Crippen LogP contribution is 2.39. The van der Waals surface area contributed by atoms with Crippen LogP contribution in [0.2, 0.25) is 0 Å². The lowest BCUT2D eigenvalue weighted by Crippen LogP contribution is -2.42. The first-order chi connectivity index (χ1) is 17.1. The summed E-state index contributed by atoms with van der Waals surface area (Å²) in [7, 11) is 0. The van der Waals surface area contributed by atoms with Gasteiger partial charge in [-0.2, -0.15) is 5.10 Å². The van der Waals surface area contributed by atoms with Crippen LogP contribution in [0, 0.1) is 13.8 Å². The molecule has 0 spiro atoms. The van der Waals surface area contributed by atoms with Gasteiger partial charge in [-0.1, -0.05) is 17.7 Å². The predicted molar refractivity (Wildman–Crippen MR) is 140 cm³/mol. The number of hydrogen-bond acceptors (Lipinski definition) is 6. The second-order valence-corrected chi connectivity index (χ2v) is 10.8. The molecule has 1 atom stereocenters. The van der Waals surface area contributed by atoms with Gasteiger partial charge in [0.05, 0.1) is 10.4 Å². The van der Waals surface area contributed by atoms with Gasteiger partial charge in [-0.25, -0.2) is 4.98 Å². The van der Waals surface area contributed by atoms with E-state index in [0.717, 1.165) is 76.6 Å². The molecule has 6 rings (SSSR count). The molecule has 5 heterocycles. The van der Waals surface area contributed by atoms with Crippen molar-refractivity contribution in [3.05, 3.63) is 53.5 Å². The Bertz CT molecular complexity index is 1370. The van der Waals surface area contributed by atoms with Crippen molar-refractivity contribution >= 4 is 28.1 Å². The smallest absolute Gasteiger partial charge is 0.274 e. The van der Waals surface area contributed by atoms with E-state index in [-0.39, 0.29) is 11.9 Å². The third kappa shape index (κ3) is 4.15. The van der Waals surface area contributed by atoms with Gasteiger partial charge in [0, 0.05) is 42.5 Å². The molecule has 0 saturated carbocycles. The van der Waals surface area contributed by atoms with Gasteiger partial charge in [0.15, 0.2) is 0 Å². The number of nitrogens with zero attached hydrogens (tertiary/aromatic N) is 5. The van der Waals surface area contributed by atoms with Crippen molar-refractivity contribution in [2.24, 2.45) is 0 Å². The van der Waals surface area contributed by atoms with E-state index >= 15 is 0 Å². The molecule has 2 aliphatic rings. The second-order valence-electron chi connectivity index (χ2n) is 9.82. The minimum atomic E-state index is 0.0280. The number of H-pyrrole nitrogens is 1. The molecule has 0 aliphatic carbocycles. The lowest BCUT2D eigenvalue weighted by molar-refractivity contribution is 0.0704. The standard InChI is InChI=1S/C27H30N6OS/c1-17-13-18(2)22-21(14-17)23(31-30-22)26-29-24(25(35-26)19-7-5-9-28-15-19)27(34)33-12-6-8-20(33)16-32-10-3-4-11-32/h5,7,9,13-15,20H,3-4,6,8,10-12,16H2,1-2H3,(H,30,31). The zero-order chi connectivity index (χ0) is 23.9. The number of likely N-dealkylation sites (tertiary alicyclic amines) is 2. The number of rotatable bonds is 5. The number of hydrogen-bond donors (Lipinski definition) is 1. The summed E-state index contributed by atoms with van der Waals surface area (Å²) in [5.41, 5.74) is 5.59. The number of aromatic nitrogens is 4. The molecule has 1 amide bonds. The summed E-state index contributed by atoms with van der Waals surface area (Å²) in [5, 5.41) is 9.62. The zero-order valence-electron chi connectivity index (χ0n) is 20.3. The van der Waals surface area contributed by atoms with Gasteiger partial charge in [0.25, 0.3) is 5.91 Å². The average molecular weight is 487 g/mol. The van der Waals surface area contributed by atoms with Crippen LogP contribution in [0.5, 0.6) is 0 Å². The van der Waals surface area contributed by atoms with E-state index in [2.05, 4.69) is 51.0 Å². The molecule has 0 radical (unpaired) electrons. The average Bonchev–Trinajstić information content (AvgIpc) is 3.65. The summed E-state index contributed by atoms with van der Waals surface area (Å²) in [6, 6.07) is 8.45. The van der Waals surface area contributed by atoms with Crippen molar-refractivity contribution in [2.75, 3.05) is 26.2 Å². The zero-order valence-corrected chi connectivity index (χ0v) is 21.1. The molecule has 35 heavy (non-hydrogen) atoms. The molecule has 8 heteroatoms. The van der Waals surface area contributed by atoms with Crippen molar-refractivity contribution in [2.45, 2.75) is 45.6 Å². The van der Waals surface area contributed by atoms with Crippen molar-refractivity contribution in [3.8, 4) is 21.1 Å². The Morgan fingerprint density at radius 3 is 2.83 bits per heavy atom. The number of carbonyl (C=O) groups excluding carboxylic acids is 1. The summed E-state index contributed by atoms with van der Waals surface area (Å²) in [5.74, 6) is 0.0280. The van der Waals surface area contributed by atoms with Gasteiger partial charge < -0.3 is 9.80 Å². The Morgan fingerprint density at radius 1 is 1.17 bits per heavy atom. The van der Waals surface area contributed by atoms with Crippen molar-refractivity contribution < 1.29 is 4.79 Å². The van der Waals surface area contributed by atoms with Crippen LogP contribution >= 0.6 is 11.3 Å². The van der Waals surface area contributed by atoms with Crippen LogP contribution in [0.3, 0.4) is 0 Å². The molecule has 1 aromatic carbocycles. The summed E-state index contributed by atoms with van der Waals surface area (Å²) >= 11 is 1.53. The molecular formula is C27H30N6OS. The normalized spacial score (nSPS) is 18.7. The minimum Gasteiger partial charge on any atom is -0.333 e. The van der Waals surface area contributed by atoms with Crippen LogP contribution in [0.25, 0.3) is 32.0 Å². The molecule has 2 aliphatic heterocycles. The highest BCUT2D eigenvalue weighted by Gasteiger charge is 2.34. The molecular weight excluding hydrogens is 456 g/mol. The fraction of sp³-hybridized carbons (Fsp3) is 0.407. The highest BCUT2D eigenvalue weighted by molar-refractivity contribution is 7.18. The number of aryl methyl sites for hydroxylation is 2. The first kappa shape index (κ1) is 22.4. The lowest BCUT2D eigenvalue weighted by atomic mass is 10.1. The third-order valence-corrected chi connectivity index (χ3v) is 8.39. The molecule has 2 saturated heterocycles. The van der Waals surface area contributed by atoms with E-state index in [4.69, 9.17) is 4.98 Å². The topological polar surface area (TPSA) is 78.0 Å². The number of nitrogens with one attached hydrogen (secondary N) is 1. The van der Waals surface area contributed by atoms with E-state index < -0.39 is 0 Å². The fourth-order valence-electron chi connectivity index (χ4n) is 5.59. The van der Waals surface area contributed by atoms with Crippen LogP contribution < -0.4 is 0 Å². The van der Waals surface area contributed by atoms with E-state index in [0.29, 0.717) is 5.69 Å². The molecule has 180 valence electrons. The number of fused-ring (bicyclic) bond motifs is 1. The first-order valence-electron chi connectivity index (χ1n) is 12.5. The van der Waals surface area contributed by atoms with Crippen molar-refractivity contribution in [1.82, 2.24) is 30.0 Å². The quantitative estimate of drug-likeness (QED) is 0.426. The predicted octanol–water partition coefficient (Wildman–Crippen LogP) is 5.07. The molecule has 3 aromatic heterocycles. The number of benzene rings is 1. The maximum Gasteiger partial charge on any atom is 0.274 e. The second kappa shape index (κ2) is 9.17. The van der Waals surface area contributed by atoms with Gasteiger partial charge in [-0.05, 0) is 70.3 Å². The van der Waals surface area contributed by atoms with Gasteiger partial charge in [0.1, 0.15) is 16.4 Å². The Hall–Kier alpha value is -3.10. The van der Waals surface area contributed by atoms with Crippen molar-refractivity contribution in [3.63, 3.8) is 0 Å². The summed E-state index contributed by atoms with van der Waals surface area (Å²) < 4.78 is 0. The summed E-state index contributed by atoms with van der Waals surface area (Å²) in [4.78, 5) is 28.7. The number of thiazole rings is 1. The van der Waals surface area contributed by atoms with E-state index in [1.807, 2.05) is 18.3 Å². The van der Waals surface area contributed by atoms with Crippen LogP contribution in [0.4, 0.5) is 0 Å². The maximum absolute atomic E-state index is 14.0. The minimum absolute atomic E-state index is 0.0280. The van der Waals surface area contributed by atoms with E-state index in [1.54, 1.807) is 6.20 Å². The van der Waals surface area contributed by atoms with E-state index in [1.165, 1.54) is 29.7 Å². The first-order valence-corrected chi connectivity index (χ1v) is 13.3. The molecule has 1 unspecified atom stereocenters. The van der Waals surface area contributed by atoms with Crippen LogP contribution in [-0.2, 0) is 0 Å². The monoisotopic (exact) mass is 486 g/mol. The summed E-state index contributed by atoms with van der Waals surface area (Å²) in [6.07, 6.45) is 8.20. The number of carbonyl (C=O) groups is 1. The van der Waals surface area contributed by atoms with Gasteiger partial charge in [-0.3, -0.25) is 14.9 Å². The Kier molecular flexibility index (Phi) is 5.86. The Morgan fingerprint density at radius 2 is 2.03 bits per heavy atom. The Labute approximate surface area is 209 Å². The van der Waals surface area contributed by atoms with Crippen molar-refractivity contribution in [1.29, 1.82) is 0 Å². The largest absolute Gasteiger partial charge is 0.333 e. The number of amides is 1. The lowest BCUT2D eigenvalue weighted by Gasteiger charge is -2.28.